The molecule has 1 atom stereocenters. The van der Waals surface area contributed by atoms with Gasteiger partial charge in [0, 0.05) is 5.54 Å². The molecule has 164 valence electrons. The molecule has 1 amide bonds. The highest BCUT2D eigenvalue weighted by Gasteiger charge is 2.25. The number of rotatable bonds is 5. The van der Waals surface area contributed by atoms with Crippen molar-refractivity contribution >= 4 is 33.4 Å². The van der Waals surface area contributed by atoms with Crippen molar-refractivity contribution in [1.29, 1.82) is 0 Å². The molecule has 0 radical (unpaired) electrons. The minimum absolute atomic E-state index is 0.0323. The minimum Gasteiger partial charge on any atom is -0.436 e. The van der Waals surface area contributed by atoms with Crippen LogP contribution in [0, 0.1) is 0 Å². The van der Waals surface area contributed by atoms with Crippen LogP contribution in [0.3, 0.4) is 0 Å². The Labute approximate surface area is 188 Å². The molecule has 0 aliphatic heterocycles. The van der Waals surface area contributed by atoms with E-state index in [-0.39, 0.29) is 16.8 Å². The first kappa shape index (κ1) is 21.6. The number of benzene rings is 2. The molecule has 0 fully saturated rings. The quantitative estimate of drug-likeness (QED) is 0.418. The summed E-state index contributed by atoms with van der Waals surface area (Å²) in [6.07, 6.45) is -1.42. The highest BCUT2D eigenvalue weighted by molar-refractivity contribution is 7.20. The van der Waals surface area contributed by atoms with Gasteiger partial charge in [-0.2, -0.15) is 0 Å². The summed E-state index contributed by atoms with van der Waals surface area (Å²) in [5.41, 5.74) is 2.40. The molecule has 0 unspecified atom stereocenters. The molecule has 1 N–H and O–H groups in total. The molecular weight excluding hydrogens is 428 g/mol. The van der Waals surface area contributed by atoms with E-state index in [4.69, 9.17) is 9.15 Å². The number of nitrogens with zero attached hydrogens (tertiary/aromatic N) is 3. The smallest absolute Gasteiger partial charge is 0.408 e. The molecule has 4 rings (SSSR count). The summed E-state index contributed by atoms with van der Waals surface area (Å²) in [5, 5.41) is 10.6. The van der Waals surface area contributed by atoms with Gasteiger partial charge in [-0.15, -0.1) is 21.5 Å². The Hall–Kier alpha value is -3.59. The lowest BCUT2D eigenvalue weighted by Gasteiger charge is -2.21. The number of hydrogen-bond acceptors (Lipinski definition) is 8. The number of nitrogens with one attached hydrogen (secondary N) is 1. The third-order valence-electron chi connectivity index (χ3n) is 4.43. The highest BCUT2D eigenvalue weighted by Crippen LogP contribution is 2.29. The van der Waals surface area contributed by atoms with E-state index >= 15 is 0 Å². The van der Waals surface area contributed by atoms with E-state index in [1.807, 2.05) is 69.3 Å². The fraction of sp³-hybridized carbons (Fsp3) is 0.261. The molecule has 0 aliphatic rings. The van der Waals surface area contributed by atoms with Gasteiger partial charge in [0.15, 0.2) is 11.1 Å². The summed E-state index contributed by atoms with van der Waals surface area (Å²) in [7, 11) is 0. The topological polar surface area (TPSA) is 107 Å². The third kappa shape index (κ3) is 4.83. The molecule has 0 aliphatic carbocycles. The Morgan fingerprint density at radius 3 is 2.53 bits per heavy atom. The second-order valence-corrected chi connectivity index (χ2v) is 9.30. The zero-order valence-electron chi connectivity index (χ0n) is 18.1. The Balaban J connectivity index is 1.51. The van der Waals surface area contributed by atoms with Gasteiger partial charge in [0.1, 0.15) is 0 Å². The van der Waals surface area contributed by atoms with Gasteiger partial charge in [-0.25, -0.2) is 9.78 Å². The molecule has 0 bridgehead atoms. The minimum atomic E-state index is -0.810. The van der Waals surface area contributed by atoms with Crippen LogP contribution >= 0.6 is 11.3 Å². The highest BCUT2D eigenvalue weighted by atomic mass is 32.1. The Morgan fingerprint density at radius 1 is 1.06 bits per heavy atom. The first-order valence-corrected chi connectivity index (χ1v) is 10.8. The van der Waals surface area contributed by atoms with Crippen LogP contribution in [-0.2, 0) is 4.74 Å². The summed E-state index contributed by atoms with van der Waals surface area (Å²) < 4.78 is 11.6. The molecule has 2 aromatic heterocycles. The lowest BCUT2D eigenvalue weighted by Crippen LogP contribution is -2.41. The molecule has 9 heteroatoms. The van der Waals surface area contributed by atoms with Crippen molar-refractivity contribution in [2.75, 3.05) is 0 Å². The molecule has 2 aromatic carbocycles. The van der Waals surface area contributed by atoms with Crippen molar-refractivity contribution < 1.29 is 18.7 Å². The number of ether oxygens (including phenoxy) is 1. The van der Waals surface area contributed by atoms with Crippen LogP contribution < -0.4 is 5.32 Å². The van der Waals surface area contributed by atoms with Crippen LogP contribution in [0.2, 0.25) is 0 Å². The SMILES string of the molecule is C[C@H](OC(=O)NC(C)(C)C)c1nnc(C(=O)c2nc3ccc(-c4ccccc4)cc3s2)o1. The number of fused-ring (bicyclic) bond motifs is 1. The Kier molecular flexibility index (Phi) is 5.75. The maximum Gasteiger partial charge on any atom is 0.408 e. The zero-order chi connectivity index (χ0) is 22.9. The van der Waals surface area contributed by atoms with Gasteiger partial charge in [0.25, 0.3) is 17.6 Å². The fourth-order valence-corrected chi connectivity index (χ4v) is 3.90. The average molecular weight is 451 g/mol. The fourth-order valence-electron chi connectivity index (χ4n) is 2.96. The lowest BCUT2D eigenvalue weighted by atomic mass is 10.1. The third-order valence-corrected chi connectivity index (χ3v) is 5.45. The van der Waals surface area contributed by atoms with Gasteiger partial charge >= 0.3 is 6.09 Å². The van der Waals surface area contributed by atoms with E-state index in [9.17, 15) is 9.59 Å². The average Bonchev–Trinajstić information content (AvgIpc) is 3.39. The van der Waals surface area contributed by atoms with Crippen LogP contribution in [-0.4, -0.2) is 32.6 Å². The number of carbonyl (C=O) groups is 2. The van der Waals surface area contributed by atoms with Gasteiger partial charge in [0.2, 0.25) is 0 Å². The number of ketones is 1. The monoisotopic (exact) mass is 450 g/mol. The predicted octanol–water partition coefficient (Wildman–Crippen LogP) is 5.16. The Morgan fingerprint density at radius 2 is 1.81 bits per heavy atom. The van der Waals surface area contributed by atoms with Crippen molar-refractivity contribution in [3.05, 3.63) is 65.3 Å². The number of hydrogen-bond donors (Lipinski definition) is 1. The van der Waals surface area contributed by atoms with Gasteiger partial charge in [0.05, 0.1) is 10.2 Å². The normalized spacial score (nSPS) is 12.5. The maximum atomic E-state index is 12.8. The molecule has 0 saturated heterocycles. The predicted molar refractivity (Wildman–Crippen MR) is 121 cm³/mol. The first-order valence-electron chi connectivity index (χ1n) is 10.0. The van der Waals surface area contributed by atoms with Gasteiger partial charge < -0.3 is 14.5 Å². The second kappa shape index (κ2) is 8.51. The zero-order valence-corrected chi connectivity index (χ0v) is 18.9. The van der Waals surface area contributed by atoms with E-state index in [2.05, 4.69) is 20.5 Å². The van der Waals surface area contributed by atoms with Crippen LogP contribution in [0.1, 0.15) is 55.4 Å². The van der Waals surface area contributed by atoms with Crippen molar-refractivity contribution in [3.8, 4) is 11.1 Å². The summed E-state index contributed by atoms with van der Waals surface area (Å²) >= 11 is 1.26. The van der Waals surface area contributed by atoms with Gasteiger partial charge in [-0.3, -0.25) is 4.79 Å². The largest absolute Gasteiger partial charge is 0.436 e. The van der Waals surface area contributed by atoms with E-state index in [0.717, 1.165) is 15.8 Å². The molecule has 4 aromatic rings. The molecular formula is C23H22N4O4S. The van der Waals surface area contributed by atoms with Crippen LogP contribution in [0.4, 0.5) is 4.79 Å². The van der Waals surface area contributed by atoms with Crippen LogP contribution in [0.15, 0.2) is 52.9 Å². The second-order valence-electron chi connectivity index (χ2n) is 8.26. The molecule has 0 spiro atoms. The number of alkyl carbamates (subject to hydrolysis) is 1. The van der Waals surface area contributed by atoms with Crippen molar-refractivity contribution in [1.82, 2.24) is 20.5 Å². The van der Waals surface area contributed by atoms with Gasteiger partial charge in [-0.1, -0.05) is 36.4 Å². The van der Waals surface area contributed by atoms with E-state index in [0.29, 0.717) is 5.52 Å². The number of carbonyl (C=O) groups excluding carboxylic acids is 2. The summed E-state index contributed by atoms with van der Waals surface area (Å²) in [6, 6.07) is 15.8. The van der Waals surface area contributed by atoms with E-state index < -0.39 is 23.5 Å². The standard InChI is InChI=1S/C23H22N4O4S/c1-13(30-22(29)25-23(2,3)4)19-26-27-20(31-19)18(28)21-24-16-11-10-15(12-17(16)32-21)14-8-6-5-7-9-14/h5-13H,1-4H3,(H,25,29)/t13-/m0/s1. The number of amides is 1. The van der Waals surface area contributed by atoms with Gasteiger partial charge in [-0.05, 0) is 51.0 Å². The molecule has 0 saturated carbocycles. The molecule has 8 nitrogen and oxygen atoms in total. The first-order chi connectivity index (χ1) is 15.2. The van der Waals surface area contributed by atoms with Crippen LogP contribution in [0.5, 0.6) is 0 Å². The van der Waals surface area contributed by atoms with Crippen molar-refractivity contribution in [2.24, 2.45) is 0 Å². The summed E-state index contributed by atoms with van der Waals surface area (Å²) in [4.78, 5) is 29.2. The van der Waals surface area contributed by atoms with Crippen molar-refractivity contribution in [2.45, 2.75) is 39.3 Å². The van der Waals surface area contributed by atoms with Crippen LogP contribution in [0.25, 0.3) is 21.3 Å². The number of thiazole rings is 1. The van der Waals surface area contributed by atoms with E-state index in [1.165, 1.54) is 11.3 Å². The molecule has 2 heterocycles. The summed E-state index contributed by atoms with van der Waals surface area (Å²) in [5.74, 6) is -0.642. The number of aromatic nitrogens is 3. The van der Waals surface area contributed by atoms with Crippen molar-refractivity contribution in [3.63, 3.8) is 0 Å². The lowest BCUT2D eigenvalue weighted by molar-refractivity contribution is 0.0839. The molecule has 32 heavy (non-hydrogen) atoms. The maximum absolute atomic E-state index is 12.8. The Bertz CT molecular complexity index is 1270. The summed E-state index contributed by atoms with van der Waals surface area (Å²) in [6.45, 7) is 7.10. The van der Waals surface area contributed by atoms with E-state index in [1.54, 1.807) is 6.92 Å².